The molecule has 0 rings (SSSR count). The number of rotatable bonds is 3. The lowest BCUT2D eigenvalue weighted by atomic mass is 10.6. The molecule has 74 valence electrons. The van der Waals surface area contributed by atoms with Crippen molar-refractivity contribution in [3.63, 3.8) is 0 Å². The quantitative estimate of drug-likeness (QED) is 0.440. The Labute approximate surface area is 68.9 Å². The lowest BCUT2D eigenvalue weighted by molar-refractivity contribution is -0.252. The summed E-state index contributed by atoms with van der Waals surface area (Å²) < 4.78 is 60.6. The molecule has 0 spiro atoms. The Bertz CT molecular complexity index is 141. The maximum atomic E-state index is 11.7. The van der Waals surface area contributed by atoms with Crippen molar-refractivity contribution in [1.82, 2.24) is 0 Å². The van der Waals surface area contributed by atoms with E-state index in [9.17, 15) is 22.0 Å². The van der Waals surface area contributed by atoms with Gasteiger partial charge in [0.15, 0.2) is 0 Å². The molecule has 0 bridgehead atoms. The van der Waals surface area contributed by atoms with Crippen molar-refractivity contribution in [2.75, 3.05) is 6.61 Å². The van der Waals surface area contributed by atoms with Crippen molar-refractivity contribution in [3.05, 3.63) is 0 Å². The molecule has 12 heavy (non-hydrogen) atoms. The van der Waals surface area contributed by atoms with Crippen molar-refractivity contribution < 1.29 is 31.8 Å². The van der Waals surface area contributed by atoms with Gasteiger partial charge in [0.05, 0.1) is 0 Å². The second-order valence-electron chi connectivity index (χ2n) is 1.82. The number of halogens is 6. The van der Waals surface area contributed by atoms with Gasteiger partial charge in [0, 0.05) is 0 Å². The Morgan fingerprint density at radius 2 is 1.67 bits per heavy atom. The molecule has 0 aliphatic rings. The third-order valence-corrected chi connectivity index (χ3v) is 0.872. The van der Waals surface area contributed by atoms with E-state index < -0.39 is 24.5 Å². The Hall–Kier alpha value is -0.140. The van der Waals surface area contributed by atoms with Crippen LogP contribution in [-0.2, 0) is 4.74 Å². The largest absolute Gasteiger partial charge is 0.411 e. The molecule has 2 nitrogen and oxygen atoms in total. The standard InChI is InChI=1S/C4H4ClF5O2/c5-4(9,10)2(11)12-1-3(6,7)8/h2,11H,1H2. The lowest BCUT2D eigenvalue weighted by Crippen LogP contribution is -2.33. The summed E-state index contributed by atoms with van der Waals surface area (Å²) in [6.45, 7) is -1.98. The predicted molar refractivity (Wildman–Crippen MR) is 28.8 cm³/mol. The average molecular weight is 215 g/mol. The Balaban J connectivity index is 3.80. The second-order valence-corrected chi connectivity index (χ2v) is 2.32. The molecule has 0 aromatic rings. The van der Waals surface area contributed by atoms with Crippen molar-refractivity contribution in [1.29, 1.82) is 0 Å². The first kappa shape index (κ1) is 11.9. The van der Waals surface area contributed by atoms with Gasteiger partial charge >= 0.3 is 11.6 Å². The van der Waals surface area contributed by atoms with Gasteiger partial charge in [0.2, 0.25) is 6.29 Å². The fourth-order valence-corrected chi connectivity index (χ4v) is 0.331. The van der Waals surface area contributed by atoms with Gasteiger partial charge in [-0.3, -0.25) is 0 Å². The van der Waals surface area contributed by atoms with E-state index in [-0.39, 0.29) is 0 Å². The Morgan fingerprint density at radius 3 is 1.92 bits per heavy atom. The van der Waals surface area contributed by atoms with Crippen LogP contribution in [0.15, 0.2) is 0 Å². The first-order valence-electron chi connectivity index (χ1n) is 2.56. The number of hydrogen-bond donors (Lipinski definition) is 1. The van der Waals surface area contributed by atoms with Crippen LogP contribution in [0.3, 0.4) is 0 Å². The van der Waals surface area contributed by atoms with Crippen LogP contribution in [-0.4, -0.2) is 29.6 Å². The SMILES string of the molecule is OC(OCC(F)(F)F)C(F)(F)Cl. The molecule has 0 aliphatic carbocycles. The highest BCUT2D eigenvalue weighted by molar-refractivity contribution is 6.21. The highest BCUT2D eigenvalue weighted by Gasteiger charge is 2.39. The van der Waals surface area contributed by atoms with Crippen LogP contribution in [0.25, 0.3) is 0 Å². The molecule has 0 radical (unpaired) electrons. The molecule has 1 N–H and O–H groups in total. The molecule has 0 aromatic carbocycles. The summed E-state index contributed by atoms with van der Waals surface area (Å²) in [7, 11) is 0. The first-order chi connectivity index (χ1) is 5.13. The predicted octanol–water partition coefficient (Wildman–Crippen LogP) is 1.72. The van der Waals surface area contributed by atoms with Gasteiger partial charge < -0.3 is 9.84 Å². The molecular weight excluding hydrogens is 210 g/mol. The molecule has 0 heterocycles. The summed E-state index contributed by atoms with van der Waals surface area (Å²) in [5.41, 5.74) is 0. The van der Waals surface area contributed by atoms with Crippen LogP contribution >= 0.6 is 11.6 Å². The zero-order valence-electron chi connectivity index (χ0n) is 5.41. The fraction of sp³-hybridized carbons (Fsp3) is 1.00. The fourth-order valence-electron chi connectivity index (χ4n) is 0.268. The summed E-state index contributed by atoms with van der Waals surface area (Å²) >= 11 is 4.14. The average Bonchev–Trinajstić information content (AvgIpc) is 1.78. The van der Waals surface area contributed by atoms with E-state index in [4.69, 9.17) is 5.11 Å². The lowest BCUT2D eigenvalue weighted by Gasteiger charge is -2.17. The normalized spacial score (nSPS) is 16.2. The zero-order chi connectivity index (χ0) is 9.99. The van der Waals surface area contributed by atoms with Gasteiger partial charge in [-0.25, -0.2) is 0 Å². The van der Waals surface area contributed by atoms with Gasteiger partial charge in [-0.15, -0.1) is 0 Å². The van der Waals surface area contributed by atoms with Crippen LogP contribution in [0.2, 0.25) is 0 Å². The monoisotopic (exact) mass is 214 g/mol. The van der Waals surface area contributed by atoms with Crippen LogP contribution in [0.1, 0.15) is 0 Å². The van der Waals surface area contributed by atoms with E-state index in [0.29, 0.717) is 0 Å². The molecule has 1 atom stereocenters. The minimum absolute atomic E-state index is 1.98. The topological polar surface area (TPSA) is 29.5 Å². The first-order valence-corrected chi connectivity index (χ1v) is 2.94. The van der Waals surface area contributed by atoms with Crippen molar-refractivity contribution in [2.24, 2.45) is 0 Å². The molecular formula is C4H4ClF5O2. The van der Waals surface area contributed by atoms with E-state index in [1.165, 1.54) is 0 Å². The number of ether oxygens (including phenoxy) is 1. The summed E-state index contributed by atoms with van der Waals surface area (Å²) in [4.78, 5) is 0. The number of alkyl halides is 6. The molecule has 0 fully saturated rings. The van der Waals surface area contributed by atoms with E-state index >= 15 is 0 Å². The maximum Gasteiger partial charge on any atom is 0.411 e. The zero-order valence-corrected chi connectivity index (χ0v) is 6.16. The van der Waals surface area contributed by atoms with E-state index in [1.807, 2.05) is 0 Å². The van der Waals surface area contributed by atoms with Gasteiger partial charge in [0.25, 0.3) is 0 Å². The van der Waals surface area contributed by atoms with Gasteiger partial charge in [-0.2, -0.15) is 22.0 Å². The van der Waals surface area contributed by atoms with Gasteiger partial charge in [-0.05, 0) is 11.6 Å². The highest BCUT2D eigenvalue weighted by Crippen LogP contribution is 2.26. The van der Waals surface area contributed by atoms with Crippen LogP contribution in [0.5, 0.6) is 0 Å². The van der Waals surface area contributed by atoms with Gasteiger partial charge in [-0.1, -0.05) is 0 Å². The molecule has 0 amide bonds. The van der Waals surface area contributed by atoms with Crippen molar-refractivity contribution in [2.45, 2.75) is 17.8 Å². The summed E-state index contributed by atoms with van der Waals surface area (Å²) in [5.74, 6) is 0. The summed E-state index contributed by atoms with van der Waals surface area (Å²) in [6.07, 6.45) is -7.73. The number of aliphatic hydroxyl groups excluding tert-OH is 1. The minimum atomic E-state index is -4.77. The minimum Gasteiger partial charge on any atom is -0.362 e. The number of hydrogen-bond acceptors (Lipinski definition) is 2. The Morgan fingerprint density at radius 1 is 1.25 bits per heavy atom. The molecule has 0 aliphatic heterocycles. The van der Waals surface area contributed by atoms with Crippen molar-refractivity contribution in [3.8, 4) is 0 Å². The Kier molecular flexibility index (Phi) is 3.67. The molecule has 0 saturated carbocycles. The maximum absolute atomic E-state index is 11.7. The van der Waals surface area contributed by atoms with Gasteiger partial charge in [0.1, 0.15) is 6.61 Å². The van der Waals surface area contributed by atoms with Crippen LogP contribution in [0.4, 0.5) is 22.0 Å². The van der Waals surface area contributed by atoms with Crippen molar-refractivity contribution >= 4 is 11.6 Å². The summed E-state index contributed by atoms with van der Waals surface area (Å²) in [6, 6.07) is 0. The molecule has 1 unspecified atom stereocenters. The van der Waals surface area contributed by atoms with Crippen LogP contribution in [0, 0.1) is 0 Å². The molecule has 0 aromatic heterocycles. The highest BCUT2D eigenvalue weighted by atomic mass is 35.5. The number of aliphatic hydroxyl groups is 1. The molecule has 0 saturated heterocycles. The van der Waals surface area contributed by atoms with E-state index in [2.05, 4.69) is 16.3 Å². The van der Waals surface area contributed by atoms with Crippen LogP contribution < -0.4 is 0 Å². The van der Waals surface area contributed by atoms with E-state index in [0.717, 1.165) is 0 Å². The molecule has 8 heteroatoms. The third-order valence-electron chi connectivity index (χ3n) is 0.685. The van der Waals surface area contributed by atoms with E-state index in [1.54, 1.807) is 0 Å². The smallest absolute Gasteiger partial charge is 0.362 e. The summed E-state index contributed by atoms with van der Waals surface area (Å²) in [5, 5.41) is 3.93. The second kappa shape index (κ2) is 3.71. The third kappa shape index (κ3) is 5.50.